The molecule has 2 aromatic carbocycles. The zero-order chi connectivity index (χ0) is 21.0. The molecule has 2 amide bonds. The highest BCUT2D eigenvalue weighted by atomic mass is 19.1. The van der Waals surface area contributed by atoms with Gasteiger partial charge < -0.3 is 15.5 Å². The molecule has 0 radical (unpaired) electrons. The maximum absolute atomic E-state index is 13.2. The Morgan fingerprint density at radius 1 is 1.10 bits per heavy atom. The van der Waals surface area contributed by atoms with Crippen molar-refractivity contribution in [2.75, 3.05) is 0 Å². The molecular formula is C21H18FN3O4. The minimum atomic E-state index is -1.17. The average molecular weight is 395 g/mol. The van der Waals surface area contributed by atoms with E-state index in [9.17, 15) is 18.8 Å². The van der Waals surface area contributed by atoms with Gasteiger partial charge in [-0.2, -0.15) is 0 Å². The summed E-state index contributed by atoms with van der Waals surface area (Å²) >= 11 is 0. The number of carbonyl (C=O) groups excluding carboxylic acids is 3. The van der Waals surface area contributed by atoms with E-state index in [-0.39, 0.29) is 23.8 Å². The summed E-state index contributed by atoms with van der Waals surface area (Å²) in [4.78, 5) is 40.7. The molecule has 0 fully saturated rings. The van der Waals surface area contributed by atoms with Crippen molar-refractivity contribution in [2.45, 2.75) is 19.4 Å². The summed E-state index contributed by atoms with van der Waals surface area (Å²) in [5.74, 6) is -3.18. The second-order valence-corrected chi connectivity index (χ2v) is 6.36. The summed E-state index contributed by atoms with van der Waals surface area (Å²) in [6, 6.07) is 13.1. The SMILES string of the molecule is Cc1nc(-c2ccc(F)cc2)c(C(=O)NC(Cc2ccccc2)C(=O)C(N)=O)o1. The van der Waals surface area contributed by atoms with E-state index in [0.29, 0.717) is 5.56 Å². The highest BCUT2D eigenvalue weighted by molar-refractivity contribution is 6.38. The number of benzene rings is 2. The van der Waals surface area contributed by atoms with Gasteiger partial charge >= 0.3 is 0 Å². The van der Waals surface area contributed by atoms with Crippen LogP contribution in [0.5, 0.6) is 0 Å². The maximum atomic E-state index is 13.2. The Bertz CT molecular complexity index is 1050. The summed E-state index contributed by atoms with van der Waals surface area (Å²) in [6.07, 6.45) is 0.0767. The lowest BCUT2D eigenvalue weighted by atomic mass is 10.0. The molecule has 1 atom stereocenters. The van der Waals surface area contributed by atoms with Crippen molar-refractivity contribution < 1.29 is 23.2 Å². The van der Waals surface area contributed by atoms with Crippen molar-refractivity contribution >= 4 is 17.6 Å². The number of hydrogen-bond donors (Lipinski definition) is 2. The van der Waals surface area contributed by atoms with Crippen LogP contribution >= 0.6 is 0 Å². The number of nitrogens with one attached hydrogen (secondary N) is 1. The summed E-state index contributed by atoms with van der Waals surface area (Å²) in [5, 5.41) is 2.50. The molecule has 0 spiro atoms. The minimum Gasteiger partial charge on any atom is -0.435 e. The third-order valence-electron chi connectivity index (χ3n) is 4.21. The van der Waals surface area contributed by atoms with Gasteiger partial charge in [0.15, 0.2) is 5.89 Å². The Morgan fingerprint density at radius 3 is 2.38 bits per heavy atom. The Labute approximate surface area is 165 Å². The van der Waals surface area contributed by atoms with Crippen LogP contribution in [0, 0.1) is 12.7 Å². The van der Waals surface area contributed by atoms with Crippen molar-refractivity contribution in [3.05, 3.63) is 77.6 Å². The number of nitrogens with two attached hydrogens (primary N) is 1. The molecule has 148 valence electrons. The summed E-state index contributed by atoms with van der Waals surface area (Å²) < 4.78 is 18.6. The first-order valence-corrected chi connectivity index (χ1v) is 8.77. The van der Waals surface area contributed by atoms with E-state index in [1.54, 1.807) is 37.3 Å². The van der Waals surface area contributed by atoms with Gasteiger partial charge in [0.2, 0.25) is 11.5 Å². The van der Waals surface area contributed by atoms with E-state index < -0.39 is 29.5 Å². The molecule has 0 aliphatic heterocycles. The quantitative estimate of drug-likeness (QED) is 0.595. The fourth-order valence-electron chi connectivity index (χ4n) is 2.84. The van der Waals surface area contributed by atoms with Crippen molar-refractivity contribution in [3.8, 4) is 11.3 Å². The van der Waals surface area contributed by atoms with E-state index in [1.807, 2.05) is 0 Å². The number of aryl methyl sites for hydroxylation is 1. The van der Waals surface area contributed by atoms with Gasteiger partial charge in [0.25, 0.3) is 11.8 Å². The van der Waals surface area contributed by atoms with Gasteiger partial charge in [-0.15, -0.1) is 0 Å². The Morgan fingerprint density at radius 2 is 1.76 bits per heavy atom. The number of carbonyl (C=O) groups is 3. The van der Waals surface area contributed by atoms with Crippen LogP contribution in [0.25, 0.3) is 11.3 Å². The smallest absolute Gasteiger partial charge is 0.290 e. The van der Waals surface area contributed by atoms with Gasteiger partial charge in [-0.1, -0.05) is 30.3 Å². The third kappa shape index (κ3) is 4.73. The van der Waals surface area contributed by atoms with Gasteiger partial charge in [0, 0.05) is 18.9 Å². The predicted octanol–water partition coefficient (Wildman–Crippen LogP) is 2.18. The zero-order valence-electron chi connectivity index (χ0n) is 15.5. The van der Waals surface area contributed by atoms with E-state index in [0.717, 1.165) is 5.56 Å². The van der Waals surface area contributed by atoms with Crippen molar-refractivity contribution in [1.29, 1.82) is 0 Å². The average Bonchev–Trinajstić information content (AvgIpc) is 3.10. The van der Waals surface area contributed by atoms with E-state index >= 15 is 0 Å². The van der Waals surface area contributed by atoms with Crippen LogP contribution in [-0.4, -0.2) is 28.6 Å². The number of rotatable bonds is 7. The number of nitrogens with zero attached hydrogens (tertiary/aromatic N) is 1. The number of aromatic nitrogens is 1. The highest BCUT2D eigenvalue weighted by Crippen LogP contribution is 2.24. The molecule has 0 saturated heterocycles. The van der Waals surface area contributed by atoms with Crippen LogP contribution in [0.4, 0.5) is 4.39 Å². The molecule has 0 aliphatic carbocycles. The Kier molecular flexibility index (Phi) is 5.82. The molecular weight excluding hydrogens is 377 g/mol. The van der Waals surface area contributed by atoms with Crippen LogP contribution in [0.3, 0.4) is 0 Å². The van der Waals surface area contributed by atoms with E-state index in [1.165, 1.54) is 24.3 Å². The molecule has 1 heterocycles. The lowest BCUT2D eigenvalue weighted by Gasteiger charge is -2.16. The molecule has 1 aromatic heterocycles. The van der Waals surface area contributed by atoms with Crippen LogP contribution < -0.4 is 11.1 Å². The molecule has 0 saturated carbocycles. The summed E-state index contributed by atoms with van der Waals surface area (Å²) in [7, 11) is 0. The van der Waals surface area contributed by atoms with Crippen LogP contribution in [0.15, 0.2) is 59.0 Å². The lowest BCUT2D eigenvalue weighted by Crippen LogP contribution is -2.47. The first-order valence-electron chi connectivity index (χ1n) is 8.77. The molecule has 8 heteroatoms. The largest absolute Gasteiger partial charge is 0.435 e. The number of amides is 2. The van der Waals surface area contributed by atoms with Crippen molar-refractivity contribution in [3.63, 3.8) is 0 Å². The monoisotopic (exact) mass is 395 g/mol. The van der Waals surface area contributed by atoms with E-state index in [4.69, 9.17) is 10.2 Å². The number of ketones is 1. The molecule has 7 nitrogen and oxygen atoms in total. The van der Waals surface area contributed by atoms with Gasteiger partial charge in [-0.3, -0.25) is 14.4 Å². The standard InChI is InChI=1S/C21H18FN3O4/c1-12-24-17(14-7-9-15(22)10-8-14)19(29-12)21(28)25-16(18(26)20(23)27)11-13-5-3-2-4-6-13/h2-10,16H,11H2,1H3,(H2,23,27)(H,25,28). The summed E-state index contributed by atoms with van der Waals surface area (Å²) in [6.45, 7) is 1.56. The van der Waals surface area contributed by atoms with Gasteiger partial charge in [0.05, 0.1) is 0 Å². The maximum Gasteiger partial charge on any atom is 0.290 e. The number of halogens is 1. The Hall–Kier alpha value is -3.81. The topological polar surface area (TPSA) is 115 Å². The normalized spacial score (nSPS) is 11.7. The highest BCUT2D eigenvalue weighted by Gasteiger charge is 2.29. The molecule has 3 N–H and O–H groups in total. The van der Waals surface area contributed by atoms with E-state index in [2.05, 4.69) is 10.3 Å². The number of primary amides is 1. The van der Waals surface area contributed by atoms with Gasteiger partial charge in [0.1, 0.15) is 17.6 Å². The molecule has 0 bridgehead atoms. The predicted molar refractivity (Wildman–Crippen MR) is 102 cm³/mol. The Balaban J connectivity index is 1.89. The summed E-state index contributed by atoms with van der Waals surface area (Å²) in [5.41, 5.74) is 6.54. The van der Waals surface area contributed by atoms with Crippen LogP contribution in [0.2, 0.25) is 0 Å². The molecule has 1 unspecified atom stereocenters. The van der Waals surface area contributed by atoms with Crippen molar-refractivity contribution in [2.24, 2.45) is 5.73 Å². The fourth-order valence-corrected chi connectivity index (χ4v) is 2.84. The first-order chi connectivity index (χ1) is 13.8. The van der Waals surface area contributed by atoms with Gasteiger partial charge in [-0.25, -0.2) is 9.37 Å². The third-order valence-corrected chi connectivity index (χ3v) is 4.21. The van der Waals surface area contributed by atoms with Crippen molar-refractivity contribution in [1.82, 2.24) is 10.3 Å². The first kappa shape index (κ1) is 19.9. The zero-order valence-corrected chi connectivity index (χ0v) is 15.5. The minimum absolute atomic E-state index is 0.0767. The fraction of sp³-hybridized carbons (Fsp3) is 0.143. The molecule has 0 aliphatic rings. The van der Waals surface area contributed by atoms with Crippen LogP contribution in [-0.2, 0) is 16.0 Å². The van der Waals surface area contributed by atoms with Gasteiger partial charge in [-0.05, 0) is 29.8 Å². The second kappa shape index (κ2) is 8.47. The second-order valence-electron chi connectivity index (χ2n) is 6.36. The number of Topliss-reactive ketones (excluding diaryl/α,β-unsaturated/α-hetero) is 1. The number of oxazole rings is 1. The molecule has 3 rings (SSSR count). The lowest BCUT2D eigenvalue weighted by molar-refractivity contribution is -0.137. The molecule has 29 heavy (non-hydrogen) atoms. The molecule has 3 aromatic rings. The van der Waals surface area contributed by atoms with Crippen LogP contribution in [0.1, 0.15) is 22.0 Å². The number of hydrogen-bond acceptors (Lipinski definition) is 5.